The van der Waals surface area contributed by atoms with E-state index in [1.165, 1.54) is 11.3 Å². The van der Waals surface area contributed by atoms with E-state index < -0.39 is 0 Å². The lowest BCUT2D eigenvalue weighted by Crippen LogP contribution is -2.32. The van der Waals surface area contributed by atoms with E-state index >= 15 is 0 Å². The van der Waals surface area contributed by atoms with Crippen LogP contribution in [0.25, 0.3) is 0 Å². The molecule has 19 heavy (non-hydrogen) atoms. The Morgan fingerprint density at radius 1 is 1.37 bits per heavy atom. The fourth-order valence-electron chi connectivity index (χ4n) is 2.19. The molecule has 0 fully saturated rings. The van der Waals surface area contributed by atoms with Crippen LogP contribution in [0.3, 0.4) is 0 Å². The lowest BCUT2D eigenvalue weighted by Gasteiger charge is -2.30. The summed E-state index contributed by atoms with van der Waals surface area (Å²) in [5.74, 6) is 0. The van der Waals surface area contributed by atoms with Crippen molar-refractivity contribution in [1.29, 1.82) is 0 Å². The van der Waals surface area contributed by atoms with Crippen LogP contribution in [0.15, 0.2) is 22.7 Å². The molecule has 0 heterocycles. The van der Waals surface area contributed by atoms with E-state index in [0.29, 0.717) is 6.04 Å². The predicted octanol–water partition coefficient (Wildman–Crippen LogP) is 3.42. The lowest BCUT2D eigenvalue weighted by molar-refractivity contribution is 0.199. The summed E-state index contributed by atoms with van der Waals surface area (Å²) < 4.78 is 6.18. The highest BCUT2D eigenvalue weighted by Crippen LogP contribution is 2.26. The van der Waals surface area contributed by atoms with Crippen LogP contribution in [-0.4, -0.2) is 32.8 Å². The molecule has 0 aliphatic heterocycles. The van der Waals surface area contributed by atoms with Gasteiger partial charge in [-0.05, 0) is 44.5 Å². The van der Waals surface area contributed by atoms with Gasteiger partial charge in [0.25, 0.3) is 0 Å². The Morgan fingerprint density at radius 2 is 2.11 bits per heavy atom. The highest BCUT2D eigenvalue weighted by molar-refractivity contribution is 9.10. The van der Waals surface area contributed by atoms with Gasteiger partial charge in [-0.1, -0.05) is 15.9 Å². The first-order valence-corrected chi connectivity index (χ1v) is 7.64. The summed E-state index contributed by atoms with van der Waals surface area (Å²) in [6.45, 7) is 10.2. The molecule has 3 nitrogen and oxygen atoms in total. The molecule has 1 aromatic rings. The van der Waals surface area contributed by atoms with E-state index in [9.17, 15) is 0 Å². The summed E-state index contributed by atoms with van der Waals surface area (Å²) in [7, 11) is 1.73. The van der Waals surface area contributed by atoms with Gasteiger partial charge in [0.05, 0.1) is 6.61 Å². The number of anilines is 1. The van der Waals surface area contributed by atoms with Crippen molar-refractivity contribution >= 4 is 21.6 Å². The number of ether oxygens (including phenoxy) is 1. The number of hydrogen-bond donors (Lipinski definition) is 1. The van der Waals surface area contributed by atoms with Crippen molar-refractivity contribution in [2.45, 2.75) is 33.4 Å². The molecule has 0 aromatic heterocycles. The summed E-state index contributed by atoms with van der Waals surface area (Å²) in [4.78, 5) is 2.42. The quantitative estimate of drug-likeness (QED) is 0.740. The third kappa shape index (κ3) is 5.13. The van der Waals surface area contributed by atoms with Gasteiger partial charge in [0.1, 0.15) is 0 Å². The topological polar surface area (TPSA) is 24.5 Å². The first-order valence-electron chi connectivity index (χ1n) is 6.84. The van der Waals surface area contributed by atoms with E-state index in [0.717, 1.165) is 30.7 Å². The van der Waals surface area contributed by atoms with Crippen LogP contribution in [0.4, 0.5) is 5.69 Å². The summed E-state index contributed by atoms with van der Waals surface area (Å²) in [6.07, 6.45) is 0. The molecule has 0 radical (unpaired) electrons. The molecule has 0 aliphatic carbocycles. The molecule has 0 bridgehead atoms. The SMILES string of the molecule is CCN(c1ccc(Br)cc1CNCCOC)C(C)C. The van der Waals surface area contributed by atoms with E-state index in [2.05, 4.69) is 65.1 Å². The van der Waals surface area contributed by atoms with Crippen LogP contribution < -0.4 is 10.2 Å². The largest absolute Gasteiger partial charge is 0.383 e. The maximum atomic E-state index is 5.06. The van der Waals surface area contributed by atoms with Gasteiger partial charge >= 0.3 is 0 Å². The number of nitrogens with zero attached hydrogens (tertiary/aromatic N) is 1. The maximum absolute atomic E-state index is 5.06. The second-order valence-electron chi connectivity index (χ2n) is 4.82. The van der Waals surface area contributed by atoms with Crippen LogP contribution in [0, 0.1) is 0 Å². The molecule has 1 aromatic carbocycles. The van der Waals surface area contributed by atoms with Crippen molar-refractivity contribution in [3.63, 3.8) is 0 Å². The summed E-state index contributed by atoms with van der Waals surface area (Å²) in [5.41, 5.74) is 2.63. The predicted molar refractivity (Wildman–Crippen MR) is 85.9 cm³/mol. The monoisotopic (exact) mass is 328 g/mol. The summed E-state index contributed by atoms with van der Waals surface area (Å²) in [6, 6.07) is 7.00. The average Bonchev–Trinajstić information content (AvgIpc) is 2.37. The molecule has 0 spiro atoms. The van der Waals surface area contributed by atoms with Crippen molar-refractivity contribution in [3.8, 4) is 0 Å². The van der Waals surface area contributed by atoms with Gasteiger partial charge < -0.3 is 15.0 Å². The lowest BCUT2D eigenvalue weighted by atomic mass is 10.1. The molecule has 0 atom stereocenters. The number of methoxy groups -OCH3 is 1. The molecule has 0 amide bonds. The molecule has 0 saturated carbocycles. The number of benzene rings is 1. The molecule has 0 saturated heterocycles. The second-order valence-corrected chi connectivity index (χ2v) is 5.74. The zero-order valence-corrected chi connectivity index (χ0v) is 14.0. The normalized spacial score (nSPS) is 11.1. The van der Waals surface area contributed by atoms with Crippen molar-refractivity contribution in [2.75, 3.05) is 31.7 Å². The Labute approximate surface area is 125 Å². The Morgan fingerprint density at radius 3 is 2.68 bits per heavy atom. The smallest absolute Gasteiger partial charge is 0.0587 e. The van der Waals surface area contributed by atoms with Crippen LogP contribution >= 0.6 is 15.9 Å². The van der Waals surface area contributed by atoms with Gasteiger partial charge in [-0.2, -0.15) is 0 Å². The molecule has 0 aliphatic rings. The molecule has 4 heteroatoms. The molecule has 1 rings (SSSR count). The summed E-state index contributed by atoms with van der Waals surface area (Å²) in [5, 5.41) is 3.42. The number of hydrogen-bond acceptors (Lipinski definition) is 3. The van der Waals surface area contributed by atoms with Crippen molar-refractivity contribution in [1.82, 2.24) is 5.32 Å². The van der Waals surface area contributed by atoms with Crippen LogP contribution in [0.1, 0.15) is 26.3 Å². The summed E-state index contributed by atoms with van der Waals surface area (Å²) >= 11 is 3.56. The standard InChI is InChI=1S/C15H25BrN2O/c1-5-18(12(2)3)15-7-6-14(16)10-13(15)11-17-8-9-19-4/h6-7,10,12,17H,5,8-9,11H2,1-4H3. The molecule has 108 valence electrons. The Hall–Kier alpha value is -0.580. The van der Waals surface area contributed by atoms with Gasteiger partial charge in [-0.25, -0.2) is 0 Å². The minimum absolute atomic E-state index is 0.504. The third-order valence-electron chi connectivity index (χ3n) is 3.11. The minimum atomic E-state index is 0.504. The molecular formula is C15H25BrN2O. The Balaban J connectivity index is 2.84. The fraction of sp³-hybridized carbons (Fsp3) is 0.600. The van der Waals surface area contributed by atoms with Crippen molar-refractivity contribution < 1.29 is 4.74 Å². The molecular weight excluding hydrogens is 304 g/mol. The first-order chi connectivity index (χ1) is 9.10. The fourth-order valence-corrected chi connectivity index (χ4v) is 2.60. The van der Waals surface area contributed by atoms with E-state index in [4.69, 9.17) is 4.74 Å². The van der Waals surface area contributed by atoms with Gasteiger partial charge in [0.15, 0.2) is 0 Å². The zero-order chi connectivity index (χ0) is 14.3. The van der Waals surface area contributed by atoms with E-state index in [-0.39, 0.29) is 0 Å². The zero-order valence-electron chi connectivity index (χ0n) is 12.4. The molecule has 1 N–H and O–H groups in total. The Bertz CT molecular complexity index is 382. The van der Waals surface area contributed by atoms with Gasteiger partial charge in [0, 0.05) is 42.9 Å². The third-order valence-corrected chi connectivity index (χ3v) is 3.61. The van der Waals surface area contributed by atoms with E-state index in [1.807, 2.05) is 0 Å². The van der Waals surface area contributed by atoms with Crippen molar-refractivity contribution in [2.24, 2.45) is 0 Å². The number of rotatable bonds is 8. The second kappa shape index (κ2) is 8.56. The van der Waals surface area contributed by atoms with Gasteiger partial charge in [0.2, 0.25) is 0 Å². The maximum Gasteiger partial charge on any atom is 0.0587 e. The van der Waals surface area contributed by atoms with Crippen LogP contribution in [0.5, 0.6) is 0 Å². The van der Waals surface area contributed by atoms with Gasteiger partial charge in [-0.3, -0.25) is 0 Å². The highest BCUT2D eigenvalue weighted by Gasteiger charge is 2.12. The molecule has 0 unspecified atom stereocenters. The van der Waals surface area contributed by atoms with E-state index in [1.54, 1.807) is 7.11 Å². The van der Waals surface area contributed by atoms with Crippen LogP contribution in [-0.2, 0) is 11.3 Å². The van der Waals surface area contributed by atoms with Gasteiger partial charge in [-0.15, -0.1) is 0 Å². The Kier molecular flexibility index (Phi) is 7.42. The first kappa shape index (κ1) is 16.5. The van der Waals surface area contributed by atoms with Crippen LogP contribution in [0.2, 0.25) is 0 Å². The average molecular weight is 329 g/mol. The van der Waals surface area contributed by atoms with Crippen molar-refractivity contribution in [3.05, 3.63) is 28.2 Å². The number of halogens is 1. The minimum Gasteiger partial charge on any atom is -0.383 e. The highest BCUT2D eigenvalue weighted by atomic mass is 79.9. The number of nitrogens with one attached hydrogen (secondary N) is 1.